The molecule has 1 heterocycles. The highest BCUT2D eigenvalue weighted by Gasteiger charge is 2.39. The molecule has 17 heavy (non-hydrogen) atoms. The molecule has 0 spiro atoms. The first-order valence-electron chi connectivity index (χ1n) is 6.32. The Bertz CT molecular complexity index is 442. The van der Waals surface area contributed by atoms with Crippen molar-refractivity contribution in [1.29, 1.82) is 0 Å². The van der Waals surface area contributed by atoms with Gasteiger partial charge in [0.2, 0.25) is 5.91 Å². The van der Waals surface area contributed by atoms with Crippen LogP contribution in [0.1, 0.15) is 37.3 Å². The summed E-state index contributed by atoms with van der Waals surface area (Å²) in [6.07, 6.45) is 4.28. The zero-order chi connectivity index (χ0) is 11.8. The number of hydrogen-bond acceptors (Lipinski definition) is 1. The molecule has 1 aromatic rings. The molecule has 2 fully saturated rings. The van der Waals surface area contributed by atoms with E-state index in [2.05, 4.69) is 0 Å². The van der Waals surface area contributed by atoms with E-state index in [-0.39, 0.29) is 6.04 Å². The lowest BCUT2D eigenvalue weighted by Crippen LogP contribution is -2.31. The lowest BCUT2D eigenvalue weighted by atomic mass is 10.0. The highest BCUT2D eigenvalue weighted by molar-refractivity contribution is 6.31. The Hall–Kier alpha value is -1.02. The first-order chi connectivity index (χ1) is 8.27. The van der Waals surface area contributed by atoms with Gasteiger partial charge < -0.3 is 4.90 Å². The molecule has 1 aliphatic carbocycles. The van der Waals surface area contributed by atoms with Crippen molar-refractivity contribution in [3.05, 3.63) is 34.9 Å². The van der Waals surface area contributed by atoms with Gasteiger partial charge in [-0.1, -0.05) is 29.8 Å². The Kier molecular flexibility index (Phi) is 2.83. The molecule has 3 heteroatoms. The number of rotatable bonds is 2. The second-order valence-corrected chi connectivity index (χ2v) is 5.39. The summed E-state index contributed by atoms with van der Waals surface area (Å²) in [5.41, 5.74) is 1.11. The van der Waals surface area contributed by atoms with Crippen LogP contribution in [0.4, 0.5) is 0 Å². The van der Waals surface area contributed by atoms with Gasteiger partial charge in [-0.05, 0) is 37.3 Å². The second-order valence-electron chi connectivity index (χ2n) is 4.99. The van der Waals surface area contributed by atoms with E-state index in [1.165, 1.54) is 0 Å². The average molecular weight is 250 g/mol. The summed E-state index contributed by atoms with van der Waals surface area (Å²) < 4.78 is 0. The standard InChI is InChI=1S/C14H16ClNO/c15-12-5-2-1-4-11(12)13-6-3-9-16(13)14(17)10-7-8-10/h1-2,4-5,10,13H,3,6-9H2/t13-/m0/s1. The highest BCUT2D eigenvalue weighted by atomic mass is 35.5. The van der Waals surface area contributed by atoms with Crippen molar-refractivity contribution in [3.63, 3.8) is 0 Å². The van der Waals surface area contributed by atoms with Gasteiger partial charge in [-0.3, -0.25) is 4.79 Å². The van der Waals surface area contributed by atoms with Crippen molar-refractivity contribution in [3.8, 4) is 0 Å². The van der Waals surface area contributed by atoms with Crippen LogP contribution >= 0.6 is 11.6 Å². The minimum Gasteiger partial charge on any atom is -0.335 e. The van der Waals surface area contributed by atoms with Gasteiger partial charge in [-0.25, -0.2) is 0 Å². The molecule has 90 valence electrons. The molecule has 0 unspecified atom stereocenters. The van der Waals surface area contributed by atoms with Gasteiger partial charge in [-0.15, -0.1) is 0 Å². The number of halogens is 1. The fraction of sp³-hybridized carbons (Fsp3) is 0.500. The molecule has 1 amide bonds. The van der Waals surface area contributed by atoms with Gasteiger partial charge >= 0.3 is 0 Å². The summed E-state index contributed by atoms with van der Waals surface area (Å²) >= 11 is 6.23. The van der Waals surface area contributed by atoms with Crippen LogP contribution in [0.25, 0.3) is 0 Å². The van der Waals surface area contributed by atoms with E-state index < -0.39 is 0 Å². The summed E-state index contributed by atoms with van der Waals surface area (Å²) in [6.45, 7) is 0.894. The molecular formula is C14H16ClNO. The van der Waals surface area contributed by atoms with E-state index in [0.717, 1.165) is 42.8 Å². The SMILES string of the molecule is O=C(C1CC1)N1CCC[C@H]1c1ccccc1Cl. The van der Waals surface area contributed by atoms with Crippen molar-refractivity contribution < 1.29 is 4.79 Å². The lowest BCUT2D eigenvalue weighted by Gasteiger charge is -2.25. The van der Waals surface area contributed by atoms with Gasteiger partial charge in [0.15, 0.2) is 0 Å². The first kappa shape index (κ1) is 11.1. The second kappa shape index (κ2) is 4.34. The average Bonchev–Trinajstić information content (AvgIpc) is 3.07. The van der Waals surface area contributed by atoms with Crippen molar-refractivity contribution in [2.24, 2.45) is 5.92 Å². The minimum atomic E-state index is 0.205. The van der Waals surface area contributed by atoms with Crippen LogP contribution in [0.15, 0.2) is 24.3 Å². The van der Waals surface area contributed by atoms with Crippen LogP contribution in [0.3, 0.4) is 0 Å². The molecule has 2 nitrogen and oxygen atoms in total. The Morgan fingerprint density at radius 1 is 1.24 bits per heavy atom. The maximum absolute atomic E-state index is 12.2. The van der Waals surface area contributed by atoms with Crippen LogP contribution < -0.4 is 0 Å². The van der Waals surface area contributed by atoms with E-state index in [4.69, 9.17) is 11.6 Å². The quantitative estimate of drug-likeness (QED) is 0.787. The molecule has 1 aliphatic heterocycles. The third-order valence-electron chi connectivity index (χ3n) is 3.73. The maximum atomic E-state index is 12.2. The van der Waals surface area contributed by atoms with Crippen LogP contribution in [0, 0.1) is 5.92 Å². The molecule has 1 saturated heterocycles. The van der Waals surface area contributed by atoms with Crippen LogP contribution in [-0.4, -0.2) is 17.4 Å². The molecule has 0 bridgehead atoms. The number of carbonyl (C=O) groups is 1. The Morgan fingerprint density at radius 2 is 2.00 bits per heavy atom. The third kappa shape index (κ3) is 2.06. The van der Waals surface area contributed by atoms with Crippen LogP contribution in [0.5, 0.6) is 0 Å². The zero-order valence-corrected chi connectivity index (χ0v) is 10.5. The molecular weight excluding hydrogens is 234 g/mol. The number of carbonyl (C=O) groups excluding carboxylic acids is 1. The Balaban J connectivity index is 1.86. The molecule has 1 aromatic carbocycles. The molecule has 1 atom stereocenters. The number of hydrogen-bond donors (Lipinski definition) is 0. The van der Waals surface area contributed by atoms with Gasteiger partial charge in [-0.2, -0.15) is 0 Å². The van der Waals surface area contributed by atoms with Gasteiger partial charge in [0.05, 0.1) is 6.04 Å². The number of benzene rings is 1. The normalized spacial score (nSPS) is 24.1. The predicted octanol–water partition coefficient (Wildman–Crippen LogP) is 3.41. The third-order valence-corrected chi connectivity index (χ3v) is 4.07. The zero-order valence-electron chi connectivity index (χ0n) is 9.73. The van der Waals surface area contributed by atoms with Gasteiger partial charge in [0.25, 0.3) is 0 Å². The van der Waals surface area contributed by atoms with Crippen molar-refractivity contribution >= 4 is 17.5 Å². The van der Waals surface area contributed by atoms with Crippen molar-refractivity contribution in [1.82, 2.24) is 4.90 Å². The Morgan fingerprint density at radius 3 is 2.71 bits per heavy atom. The maximum Gasteiger partial charge on any atom is 0.226 e. The summed E-state index contributed by atoms with van der Waals surface area (Å²) in [5, 5.41) is 0.785. The summed E-state index contributed by atoms with van der Waals surface area (Å²) in [5.74, 6) is 0.644. The minimum absolute atomic E-state index is 0.205. The number of nitrogens with zero attached hydrogens (tertiary/aromatic N) is 1. The smallest absolute Gasteiger partial charge is 0.226 e. The molecule has 0 radical (unpaired) electrons. The molecule has 2 aliphatic rings. The highest BCUT2D eigenvalue weighted by Crippen LogP contribution is 2.40. The molecule has 3 rings (SSSR count). The monoisotopic (exact) mass is 249 g/mol. The summed E-state index contributed by atoms with van der Waals surface area (Å²) in [6, 6.07) is 8.10. The number of likely N-dealkylation sites (tertiary alicyclic amines) is 1. The lowest BCUT2D eigenvalue weighted by molar-refractivity contribution is -0.133. The fourth-order valence-electron chi connectivity index (χ4n) is 2.66. The van der Waals surface area contributed by atoms with Crippen LogP contribution in [-0.2, 0) is 4.79 Å². The van der Waals surface area contributed by atoms with E-state index >= 15 is 0 Å². The molecule has 0 aromatic heterocycles. The molecule has 0 N–H and O–H groups in total. The van der Waals surface area contributed by atoms with E-state index in [0.29, 0.717) is 11.8 Å². The first-order valence-corrected chi connectivity index (χ1v) is 6.70. The topological polar surface area (TPSA) is 20.3 Å². The van der Waals surface area contributed by atoms with Gasteiger partial charge in [0.1, 0.15) is 0 Å². The fourth-order valence-corrected chi connectivity index (χ4v) is 2.93. The summed E-state index contributed by atoms with van der Waals surface area (Å²) in [4.78, 5) is 14.2. The van der Waals surface area contributed by atoms with Crippen LogP contribution in [0.2, 0.25) is 5.02 Å². The Labute approximate surface area is 107 Å². The largest absolute Gasteiger partial charge is 0.335 e. The number of amides is 1. The van der Waals surface area contributed by atoms with Crippen molar-refractivity contribution in [2.45, 2.75) is 31.7 Å². The molecule has 1 saturated carbocycles. The predicted molar refractivity (Wildman–Crippen MR) is 67.9 cm³/mol. The van der Waals surface area contributed by atoms with Gasteiger partial charge in [0, 0.05) is 17.5 Å². The van der Waals surface area contributed by atoms with E-state index in [9.17, 15) is 4.79 Å². The van der Waals surface area contributed by atoms with E-state index in [1.807, 2.05) is 29.2 Å². The van der Waals surface area contributed by atoms with Crippen molar-refractivity contribution in [2.75, 3.05) is 6.54 Å². The summed E-state index contributed by atoms with van der Waals surface area (Å²) in [7, 11) is 0. The van der Waals surface area contributed by atoms with E-state index in [1.54, 1.807) is 0 Å².